The van der Waals surface area contributed by atoms with Gasteiger partial charge in [0.2, 0.25) is 5.91 Å². The average molecular weight is 446 g/mol. The van der Waals surface area contributed by atoms with Gasteiger partial charge in [-0.15, -0.1) is 0 Å². The van der Waals surface area contributed by atoms with Crippen LogP contribution in [0.1, 0.15) is 16.8 Å². The molecule has 3 aromatic rings. The fourth-order valence-corrected chi connectivity index (χ4v) is 4.28. The summed E-state index contributed by atoms with van der Waals surface area (Å²) in [6, 6.07) is 17.9. The van der Waals surface area contributed by atoms with Gasteiger partial charge < -0.3 is 22.1 Å². The monoisotopic (exact) mass is 445 g/mol. The van der Waals surface area contributed by atoms with E-state index in [1.165, 1.54) is 0 Å². The van der Waals surface area contributed by atoms with E-state index in [2.05, 4.69) is 10.6 Å². The summed E-state index contributed by atoms with van der Waals surface area (Å²) in [7, 11) is 0. The van der Waals surface area contributed by atoms with Gasteiger partial charge >= 0.3 is 6.03 Å². The zero-order valence-corrected chi connectivity index (χ0v) is 17.6. The van der Waals surface area contributed by atoms with E-state index in [0.29, 0.717) is 16.3 Å². The Labute approximate surface area is 187 Å². The minimum atomic E-state index is -0.830. The molecule has 0 bridgehead atoms. The van der Waals surface area contributed by atoms with E-state index in [1.54, 1.807) is 12.1 Å². The van der Waals surface area contributed by atoms with Crippen molar-refractivity contribution < 1.29 is 14.4 Å². The van der Waals surface area contributed by atoms with Crippen molar-refractivity contribution in [3.63, 3.8) is 0 Å². The molecule has 1 aromatic heterocycles. The molecule has 160 valence electrons. The third-order valence-corrected chi connectivity index (χ3v) is 5.81. The van der Waals surface area contributed by atoms with Crippen molar-refractivity contribution in [3.8, 4) is 11.3 Å². The minimum Gasteiger partial charge on any atom is -0.366 e. The molecule has 6 N–H and O–H groups in total. The lowest BCUT2D eigenvalue weighted by Crippen LogP contribution is -2.33. The third-order valence-electron chi connectivity index (χ3n) is 4.76. The summed E-state index contributed by atoms with van der Waals surface area (Å²) in [5.41, 5.74) is 13.3. The topological polar surface area (TPSA) is 140 Å². The van der Waals surface area contributed by atoms with E-state index in [9.17, 15) is 14.4 Å². The summed E-state index contributed by atoms with van der Waals surface area (Å²) < 4.78 is 0. The Balaban J connectivity index is 1.67. The second-order valence-corrected chi connectivity index (χ2v) is 7.99. The number of thioether (sulfide) groups is 1. The smallest absolute Gasteiger partial charge is 0.317 e. The van der Waals surface area contributed by atoms with Crippen LogP contribution in [0.15, 0.2) is 82.4 Å². The molecule has 0 spiro atoms. The number of nitrogens with one attached hydrogen (secondary N) is 2. The number of nitrogens with two attached hydrogens (primary N) is 2. The Bertz CT molecular complexity index is 1300. The molecule has 1 aliphatic heterocycles. The fourth-order valence-electron chi connectivity index (χ4n) is 3.29. The largest absolute Gasteiger partial charge is 0.366 e. The highest BCUT2D eigenvalue weighted by Gasteiger charge is 2.23. The summed E-state index contributed by atoms with van der Waals surface area (Å²) in [6.45, 7) is 0. The number of primary amides is 2. The van der Waals surface area contributed by atoms with Crippen molar-refractivity contribution in [1.29, 1.82) is 0 Å². The van der Waals surface area contributed by atoms with Crippen molar-refractivity contribution in [2.24, 2.45) is 11.5 Å². The van der Waals surface area contributed by atoms with Crippen LogP contribution in [0.3, 0.4) is 0 Å². The summed E-state index contributed by atoms with van der Waals surface area (Å²) in [6.07, 6.45) is 1.81. The zero-order valence-electron chi connectivity index (χ0n) is 16.8. The van der Waals surface area contributed by atoms with Gasteiger partial charge in [-0.1, -0.05) is 60.3 Å². The number of pyridine rings is 1. The molecular weight excluding hydrogens is 426 g/mol. The molecule has 1 aliphatic rings. The minimum absolute atomic E-state index is 0.148. The van der Waals surface area contributed by atoms with E-state index in [-0.39, 0.29) is 22.9 Å². The molecule has 0 saturated carbocycles. The number of allylic oxidation sites excluding steroid dienone is 1. The number of fused-ring (bicyclic) bond motifs is 1. The van der Waals surface area contributed by atoms with Crippen molar-refractivity contribution in [2.45, 2.75) is 6.42 Å². The first kappa shape index (κ1) is 21.1. The number of hydrogen-bond donors (Lipinski definition) is 4. The number of para-hydroxylation sites is 1. The number of carbonyl (C=O) groups excluding carboxylic acids is 3. The van der Waals surface area contributed by atoms with Gasteiger partial charge in [0.15, 0.2) is 0 Å². The molecule has 0 fully saturated rings. The van der Waals surface area contributed by atoms with Crippen LogP contribution in [0.5, 0.6) is 0 Å². The van der Waals surface area contributed by atoms with Crippen LogP contribution in [-0.2, 0) is 4.79 Å². The zero-order chi connectivity index (χ0) is 22.7. The third kappa shape index (κ3) is 4.47. The maximum absolute atomic E-state index is 13.3. The highest BCUT2D eigenvalue weighted by Crippen LogP contribution is 2.32. The molecule has 0 unspecified atom stereocenters. The lowest BCUT2D eigenvalue weighted by atomic mass is 10.0. The number of aromatic nitrogens is 1. The predicted octanol–water partition coefficient (Wildman–Crippen LogP) is 2.98. The van der Waals surface area contributed by atoms with Gasteiger partial charge in [-0.3, -0.25) is 9.59 Å². The summed E-state index contributed by atoms with van der Waals surface area (Å²) in [5, 5.41) is 6.70. The molecular formula is C23H19N5O3S. The van der Waals surface area contributed by atoms with Crippen molar-refractivity contribution in [1.82, 2.24) is 15.6 Å². The number of carbonyl (C=O) groups is 3. The molecule has 2 aromatic carbocycles. The maximum atomic E-state index is 13.3. The predicted molar refractivity (Wildman–Crippen MR) is 124 cm³/mol. The molecule has 2 heterocycles. The first-order valence-corrected chi connectivity index (χ1v) is 10.5. The number of benzene rings is 2. The lowest BCUT2D eigenvalue weighted by molar-refractivity contribution is -0.114. The molecule has 4 rings (SSSR count). The van der Waals surface area contributed by atoms with Crippen molar-refractivity contribution in [2.75, 3.05) is 0 Å². The molecule has 0 saturated heterocycles. The Morgan fingerprint density at radius 3 is 2.38 bits per heavy atom. The van der Waals surface area contributed by atoms with Gasteiger partial charge in [-0.25, -0.2) is 9.78 Å². The molecule has 9 heteroatoms. The van der Waals surface area contributed by atoms with Crippen LogP contribution in [-0.4, -0.2) is 22.8 Å². The number of hydrogen-bond acceptors (Lipinski definition) is 5. The van der Waals surface area contributed by atoms with Gasteiger partial charge in [0.25, 0.3) is 5.91 Å². The summed E-state index contributed by atoms with van der Waals surface area (Å²) in [5.74, 6) is -1.05. The summed E-state index contributed by atoms with van der Waals surface area (Å²) in [4.78, 5) is 41.0. The van der Waals surface area contributed by atoms with Crippen LogP contribution in [0, 0.1) is 0 Å². The van der Waals surface area contributed by atoms with Crippen LogP contribution in [0.2, 0.25) is 0 Å². The van der Waals surface area contributed by atoms with Crippen LogP contribution in [0.25, 0.3) is 22.2 Å². The van der Waals surface area contributed by atoms with Gasteiger partial charge in [-0.2, -0.15) is 0 Å². The van der Waals surface area contributed by atoms with Crippen LogP contribution < -0.4 is 22.1 Å². The van der Waals surface area contributed by atoms with Gasteiger partial charge in [0, 0.05) is 17.4 Å². The standard InChI is InChI=1S/C23H19N5O3S/c24-20(29)15-10-11-18(32-22(15)28-23(25)31)27-21(30)16-12-14-8-4-5-9-17(14)26-19(16)13-6-2-1-3-7-13/h1-9,11-12H,10H2,(H2,24,29)(H,27,30)(H3,25,28,31). The Kier molecular flexibility index (Phi) is 5.91. The van der Waals surface area contributed by atoms with Crippen molar-refractivity contribution >= 4 is 40.5 Å². The SMILES string of the molecule is NC(=O)NC1=C(C(N)=O)CC=C(NC(=O)c2cc3ccccc3nc2-c2ccccc2)S1. The van der Waals surface area contributed by atoms with E-state index < -0.39 is 11.9 Å². The lowest BCUT2D eigenvalue weighted by Gasteiger charge is -2.19. The fraction of sp³-hybridized carbons (Fsp3) is 0.0435. The maximum Gasteiger partial charge on any atom is 0.317 e. The first-order chi connectivity index (χ1) is 15.4. The molecule has 4 amide bonds. The van der Waals surface area contributed by atoms with Gasteiger partial charge in [0.05, 0.1) is 32.4 Å². The quantitative estimate of drug-likeness (QED) is 0.478. The Morgan fingerprint density at radius 2 is 1.66 bits per heavy atom. The number of amides is 4. The average Bonchev–Trinajstić information content (AvgIpc) is 2.78. The Hall–Kier alpha value is -4.11. The molecule has 0 atom stereocenters. The number of nitrogens with zero attached hydrogens (tertiary/aromatic N) is 1. The second kappa shape index (κ2) is 8.94. The highest BCUT2D eigenvalue weighted by atomic mass is 32.2. The first-order valence-electron chi connectivity index (χ1n) is 9.66. The van der Waals surface area contributed by atoms with Crippen LogP contribution >= 0.6 is 11.8 Å². The number of urea groups is 1. The van der Waals surface area contributed by atoms with E-state index in [0.717, 1.165) is 28.2 Å². The summed E-state index contributed by atoms with van der Waals surface area (Å²) >= 11 is 1.00. The normalized spacial score (nSPS) is 13.4. The molecule has 0 radical (unpaired) electrons. The molecule has 8 nitrogen and oxygen atoms in total. The van der Waals surface area contributed by atoms with Gasteiger partial charge in [0.1, 0.15) is 0 Å². The highest BCUT2D eigenvalue weighted by molar-refractivity contribution is 8.06. The van der Waals surface area contributed by atoms with E-state index in [1.807, 2.05) is 54.6 Å². The molecule has 32 heavy (non-hydrogen) atoms. The van der Waals surface area contributed by atoms with Gasteiger partial charge in [-0.05, 0) is 18.2 Å². The Morgan fingerprint density at radius 1 is 0.938 bits per heavy atom. The molecule has 0 aliphatic carbocycles. The van der Waals surface area contributed by atoms with Crippen LogP contribution in [0.4, 0.5) is 4.79 Å². The van der Waals surface area contributed by atoms with E-state index in [4.69, 9.17) is 16.5 Å². The van der Waals surface area contributed by atoms with Crippen molar-refractivity contribution in [3.05, 3.63) is 87.9 Å². The number of rotatable bonds is 5. The second-order valence-electron chi connectivity index (χ2n) is 6.93. The van der Waals surface area contributed by atoms with E-state index >= 15 is 0 Å².